The van der Waals surface area contributed by atoms with Crippen molar-refractivity contribution in [3.8, 4) is 5.75 Å². The first-order valence-corrected chi connectivity index (χ1v) is 7.17. The maximum absolute atomic E-state index is 12.7. The molecule has 0 saturated heterocycles. The molecule has 0 bridgehead atoms. The number of halogens is 3. The predicted molar refractivity (Wildman–Crippen MR) is 87.2 cm³/mol. The van der Waals surface area contributed by atoms with Crippen molar-refractivity contribution in [2.75, 3.05) is 5.32 Å². The standard InChI is InChI=1S/C18H14F3NO3/c1-11(23)22-14-6-8-17(25)15(10-14)16(24)7-5-12-3-2-4-13(9-12)18(19,20)21/h2-10,25H,1H3,(H,22,23)/b7-5+. The Bertz CT molecular complexity index is 842. The van der Waals surface area contributed by atoms with Gasteiger partial charge in [0.25, 0.3) is 0 Å². The number of alkyl halides is 3. The summed E-state index contributed by atoms with van der Waals surface area (Å²) in [6.07, 6.45) is -2.19. The van der Waals surface area contributed by atoms with Gasteiger partial charge in [0.1, 0.15) is 5.75 Å². The summed E-state index contributed by atoms with van der Waals surface area (Å²) in [4.78, 5) is 23.2. The summed E-state index contributed by atoms with van der Waals surface area (Å²) >= 11 is 0. The van der Waals surface area contributed by atoms with E-state index < -0.39 is 17.5 Å². The molecular weight excluding hydrogens is 335 g/mol. The molecule has 130 valence electrons. The number of hydrogen-bond acceptors (Lipinski definition) is 3. The van der Waals surface area contributed by atoms with Gasteiger partial charge in [-0.1, -0.05) is 18.2 Å². The number of rotatable bonds is 4. The average molecular weight is 349 g/mol. The first kappa shape index (κ1) is 18.3. The summed E-state index contributed by atoms with van der Waals surface area (Å²) in [6.45, 7) is 1.29. The molecule has 0 unspecified atom stereocenters. The fourth-order valence-corrected chi connectivity index (χ4v) is 2.09. The zero-order valence-corrected chi connectivity index (χ0v) is 13.1. The molecule has 0 aliphatic heterocycles. The molecule has 7 heteroatoms. The number of hydrogen-bond donors (Lipinski definition) is 2. The highest BCUT2D eigenvalue weighted by molar-refractivity contribution is 6.09. The van der Waals surface area contributed by atoms with E-state index in [4.69, 9.17) is 0 Å². The smallest absolute Gasteiger partial charge is 0.416 e. The monoisotopic (exact) mass is 349 g/mol. The van der Waals surface area contributed by atoms with Crippen LogP contribution >= 0.6 is 0 Å². The van der Waals surface area contributed by atoms with Crippen molar-refractivity contribution in [1.82, 2.24) is 0 Å². The van der Waals surface area contributed by atoms with Gasteiger partial charge in [-0.15, -0.1) is 0 Å². The molecule has 0 saturated carbocycles. The van der Waals surface area contributed by atoms with Crippen molar-refractivity contribution < 1.29 is 27.9 Å². The second-order valence-electron chi connectivity index (χ2n) is 5.23. The number of amides is 1. The molecule has 0 radical (unpaired) electrons. The Labute approximate surface area is 141 Å². The summed E-state index contributed by atoms with van der Waals surface area (Å²) in [7, 11) is 0. The lowest BCUT2D eigenvalue weighted by atomic mass is 10.1. The minimum absolute atomic E-state index is 0.0746. The van der Waals surface area contributed by atoms with E-state index >= 15 is 0 Å². The van der Waals surface area contributed by atoms with Gasteiger partial charge >= 0.3 is 6.18 Å². The topological polar surface area (TPSA) is 66.4 Å². The van der Waals surface area contributed by atoms with Crippen LogP contribution in [-0.2, 0) is 11.0 Å². The van der Waals surface area contributed by atoms with Gasteiger partial charge in [-0.25, -0.2) is 0 Å². The van der Waals surface area contributed by atoms with Crippen LogP contribution in [0, 0.1) is 0 Å². The lowest BCUT2D eigenvalue weighted by Crippen LogP contribution is -2.06. The molecule has 2 aromatic carbocycles. The molecule has 0 heterocycles. The Kier molecular flexibility index (Phi) is 5.26. The lowest BCUT2D eigenvalue weighted by molar-refractivity contribution is -0.137. The van der Waals surface area contributed by atoms with Gasteiger partial charge in [0.05, 0.1) is 11.1 Å². The highest BCUT2D eigenvalue weighted by Crippen LogP contribution is 2.30. The van der Waals surface area contributed by atoms with Gasteiger partial charge < -0.3 is 10.4 Å². The third kappa shape index (κ3) is 4.94. The molecule has 1 amide bonds. The first-order valence-electron chi connectivity index (χ1n) is 7.17. The van der Waals surface area contributed by atoms with Crippen molar-refractivity contribution >= 4 is 23.5 Å². The Morgan fingerprint density at radius 1 is 1.12 bits per heavy atom. The Hall–Kier alpha value is -3.09. The normalized spacial score (nSPS) is 11.5. The van der Waals surface area contributed by atoms with Gasteiger partial charge in [-0.3, -0.25) is 9.59 Å². The molecule has 4 nitrogen and oxygen atoms in total. The largest absolute Gasteiger partial charge is 0.507 e. The number of carbonyl (C=O) groups excluding carboxylic acids is 2. The summed E-state index contributed by atoms with van der Waals surface area (Å²) < 4.78 is 38.0. The average Bonchev–Trinajstić information content (AvgIpc) is 2.53. The van der Waals surface area contributed by atoms with Crippen LogP contribution < -0.4 is 5.32 Å². The molecule has 0 aliphatic rings. The van der Waals surface area contributed by atoms with Gasteiger partial charge in [-0.05, 0) is 42.0 Å². The number of ketones is 1. The first-order chi connectivity index (χ1) is 11.7. The van der Waals surface area contributed by atoms with Crippen molar-refractivity contribution in [2.24, 2.45) is 0 Å². The van der Waals surface area contributed by atoms with Crippen molar-refractivity contribution in [3.63, 3.8) is 0 Å². The molecule has 0 spiro atoms. The highest BCUT2D eigenvalue weighted by Gasteiger charge is 2.30. The number of allylic oxidation sites excluding steroid dienone is 1. The van der Waals surface area contributed by atoms with Crippen LogP contribution in [0.15, 0.2) is 48.5 Å². The number of nitrogens with one attached hydrogen (secondary N) is 1. The molecule has 25 heavy (non-hydrogen) atoms. The van der Waals surface area contributed by atoms with E-state index in [1.54, 1.807) is 0 Å². The SMILES string of the molecule is CC(=O)Nc1ccc(O)c(C(=O)/C=C/c2cccc(C(F)(F)F)c2)c1. The predicted octanol–water partition coefficient (Wildman–Crippen LogP) is 4.27. The molecule has 2 rings (SSSR count). The van der Waals surface area contributed by atoms with E-state index in [-0.39, 0.29) is 22.8 Å². The summed E-state index contributed by atoms with van der Waals surface area (Å²) in [5.74, 6) is -1.25. The molecule has 2 aromatic rings. The number of phenolic OH excluding ortho intramolecular Hbond substituents is 1. The Balaban J connectivity index is 2.25. The van der Waals surface area contributed by atoms with Gasteiger partial charge in [0, 0.05) is 12.6 Å². The third-order valence-corrected chi connectivity index (χ3v) is 3.22. The van der Waals surface area contributed by atoms with Crippen molar-refractivity contribution in [2.45, 2.75) is 13.1 Å². The van der Waals surface area contributed by atoms with Gasteiger partial charge in [0.2, 0.25) is 5.91 Å². The minimum Gasteiger partial charge on any atom is -0.507 e. The lowest BCUT2D eigenvalue weighted by Gasteiger charge is -2.07. The van der Waals surface area contributed by atoms with Crippen LogP contribution in [0.25, 0.3) is 6.08 Å². The fourth-order valence-electron chi connectivity index (χ4n) is 2.09. The van der Waals surface area contributed by atoms with E-state index in [1.165, 1.54) is 43.3 Å². The molecule has 0 fully saturated rings. The quantitative estimate of drug-likeness (QED) is 0.492. The maximum Gasteiger partial charge on any atom is 0.416 e. The summed E-state index contributed by atoms with van der Waals surface area (Å²) in [6, 6.07) is 8.46. The van der Waals surface area contributed by atoms with Crippen molar-refractivity contribution in [3.05, 3.63) is 65.2 Å². The molecule has 0 aliphatic carbocycles. The zero-order valence-electron chi connectivity index (χ0n) is 13.1. The Morgan fingerprint density at radius 2 is 1.84 bits per heavy atom. The number of anilines is 1. The van der Waals surface area contributed by atoms with E-state index in [2.05, 4.69) is 5.32 Å². The second-order valence-corrected chi connectivity index (χ2v) is 5.23. The van der Waals surface area contributed by atoms with Crippen LogP contribution in [0.4, 0.5) is 18.9 Å². The Morgan fingerprint density at radius 3 is 2.48 bits per heavy atom. The van der Waals surface area contributed by atoms with Crippen molar-refractivity contribution in [1.29, 1.82) is 0 Å². The molecular formula is C18H14F3NO3. The van der Waals surface area contributed by atoms with Crippen LogP contribution in [0.2, 0.25) is 0 Å². The van der Waals surface area contributed by atoms with E-state index in [1.807, 2.05) is 0 Å². The van der Waals surface area contributed by atoms with Gasteiger partial charge in [-0.2, -0.15) is 13.2 Å². The summed E-state index contributed by atoms with van der Waals surface area (Å²) in [5.41, 5.74) is -0.381. The minimum atomic E-state index is -4.47. The van der Waals surface area contributed by atoms with E-state index in [9.17, 15) is 27.9 Å². The fraction of sp³-hybridized carbons (Fsp3) is 0.111. The molecule has 0 atom stereocenters. The molecule has 0 aromatic heterocycles. The number of aromatic hydroxyl groups is 1. The summed E-state index contributed by atoms with van der Waals surface area (Å²) in [5, 5.41) is 12.2. The number of phenols is 1. The van der Waals surface area contributed by atoms with Crippen LogP contribution in [0.3, 0.4) is 0 Å². The maximum atomic E-state index is 12.7. The third-order valence-electron chi connectivity index (χ3n) is 3.22. The van der Waals surface area contributed by atoms with Crippen LogP contribution in [0.1, 0.15) is 28.4 Å². The number of benzene rings is 2. The molecule has 2 N–H and O–H groups in total. The van der Waals surface area contributed by atoms with E-state index in [0.717, 1.165) is 18.2 Å². The van der Waals surface area contributed by atoms with Crippen LogP contribution in [0.5, 0.6) is 5.75 Å². The van der Waals surface area contributed by atoms with Gasteiger partial charge in [0.15, 0.2) is 5.78 Å². The van der Waals surface area contributed by atoms with Crippen LogP contribution in [-0.4, -0.2) is 16.8 Å². The zero-order chi connectivity index (χ0) is 18.6. The second kappa shape index (κ2) is 7.21. The number of carbonyl (C=O) groups is 2. The highest BCUT2D eigenvalue weighted by atomic mass is 19.4. The van der Waals surface area contributed by atoms with E-state index in [0.29, 0.717) is 5.69 Å².